The van der Waals surface area contributed by atoms with Gasteiger partial charge in [0.1, 0.15) is 35.5 Å². The molecular weight excluding hydrogens is 604 g/mol. The van der Waals surface area contributed by atoms with Gasteiger partial charge in [0.15, 0.2) is 5.82 Å². The number of amides is 5. The number of aldehydes is 1. The van der Waals surface area contributed by atoms with Gasteiger partial charge in [-0.25, -0.2) is 19.5 Å². The van der Waals surface area contributed by atoms with E-state index in [0.717, 1.165) is 28.7 Å². The molecule has 2 aromatic carbocycles. The van der Waals surface area contributed by atoms with Gasteiger partial charge in [0.05, 0.1) is 31.7 Å². The van der Waals surface area contributed by atoms with Crippen molar-refractivity contribution in [1.29, 1.82) is 0 Å². The van der Waals surface area contributed by atoms with Crippen molar-refractivity contribution < 1.29 is 33.4 Å². The summed E-state index contributed by atoms with van der Waals surface area (Å²) < 4.78 is 17.4. The van der Waals surface area contributed by atoms with Crippen LogP contribution < -0.4 is 25.3 Å². The molecule has 3 aromatic rings. The predicted molar refractivity (Wildman–Crippen MR) is 172 cm³/mol. The number of nitrogens with zero attached hydrogens (tertiary/aromatic N) is 4. The van der Waals surface area contributed by atoms with Crippen LogP contribution >= 0.6 is 0 Å². The summed E-state index contributed by atoms with van der Waals surface area (Å²) in [5, 5.41) is 3.51. The number of nitrogens with two attached hydrogens (primary N) is 1. The van der Waals surface area contributed by atoms with Crippen LogP contribution in [0.15, 0.2) is 48.6 Å². The number of nitrogens with one attached hydrogen (secondary N) is 1. The van der Waals surface area contributed by atoms with Crippen molar-refractivity contribution in [2.75, 3.05) is 27.3 Å². The number of hydrogen-bond acceptors (Lipinski definition) is 9. The van der Waals surface area contributed by atoms with Crippen molar-refractivity contribution >= 4 is 35.2 Å². The lowest BCUT2D eigenvalue weighted by atomic mass is 10.1. The number of ether oxygens (including phenoxy) is 3. The van der Waals surface area contributed by atoms with E-state index in [1.165, 1.54) is 4.90 Å². The summed E-state index contributed by atoms with van der Waals surface area (Å²) in [6, 6.07) is 8.31. The molecule has 1 saturated heterocycles. The first kappa shape index (κ1) is 31.8. The van der Waals surface area contributed by atoms with Crippen molar-refractivity contribution in [2.24, 2.45) is 11.7 Å². The van der Waals surface area contributed by atoms with Gasteiger partial charge in [-0.2, -0.15) is 4.98 Å². The number of imide groups is 1. The van der Waals surface area contributed by atoms with E-state index < -0.39 is 35.7 Å². The standard InChI is InChI=1S/C34H38N6O7/c1-20-27(46-3)14-13-25-28(20)36-29(21-9-11-23(45-2)12-10-21)37-31(25)47-24-16-26-30(42)38-34(19-41)17-22(34)8-6-4-5-7-15-39(32(35)43)33(44)40(26)18-24/h6,8-14,19,22,24,26H,4-5,7,15-18H2,1-3H3,(H2,35,43)(H,38,42)/b8-6+. The predicted octanol–water partition coefficient (Wildman–Crippen LogP) is 3.76. The number of fused-ring (bicyclic) bond motifs is 3. The molecule has 3 heterocycles. The second kappa shape index (κ2) is 12.9. The second-order valence-corrected chi connectivity index (χ2v) is 12.2. The van der Waals surface area contributed by atoms with E-state index in [1.807, 2.05) is 43.3 Å². The van der Waals surface area contributed by atoms with Crippen LogP contribution in [-0.2, 0) is 9.59 Å². The van der Waals surface area contributed by atoms with E-state index in [2.05, 4.69) is 5.32 Å². The van der Waals surface area contributed by atoms with E-state index in [0.29, 0.717) is 47.5 Å². The molecule has 13 heteroatoms. The van der Waals surface area contributed by atoms with Crippen molar-refractivity contribution in [3.05, 3.63) is 54.1 Å². The van der Waals surface area contributed by atoms with Crippen molar-refractivity contribution in [3.8, 4) is 28.8 Å². The Morgan fingerprint density at radius 1 is 1.09 bits per heavy atom. The lowest BCUT2D eigenvalue weighted by Crippen LogP contribution is -2.55. The van der Waals surface area contributed by atoms with Gasteiger partial charge in [-0.15, -0.1) is 0 Å². The Morgan fingerprint density at radius 3 is 2.57 bits per heavy atom. The number of urea groups is 2. The fraction of sp³-hybridized carbons (Fsp3) is 0.412. The topological polar surface area (TPSA) is 166 Å². The van der Waals surface area contributed by atoms with Gasteiger partial charge >= 0.3 is 12.1 Å². The van der Waals surface area contributed by atoms with E-state index >= 15 is 0 Å². The fourth-order valence-electron chi connectivity index (χ4n) is 6.38. The Labute approximate surface area is 272 Å². The van der Waals surface area contributed by atoms with Crippen LogP contribution in [-0.4, -0.2) is 89.0 Å². The summed E-state index contributed by atoms with van der Waals surface area (Å²) in [4.78, 5) is 64.1. The van der Waals surface area contributed by atoms with Crippen molar-refractivity contribution in [2.45, 2.75) is 56.7 Å². The number of carbonyl (C=O) groups is 4. The Bertz CT molecular complexity index is 1740. The third kappa shape index (κ3) is 6.17. The highest BCUT2D eigenvalue weighted by atomic mass is 16.5. The number of hydrogen-bond donors (Lipinski definition) is 2. The van der Waals surface area contributed by atoms with E-state index in [1.54, 1.807) is 26.4 Å². The van der Waals surface area contributed by atoms with Crippen LogP contribution in [0.1, 0.15) is 37.7 Å². The van der Waals surface area contributed by atoms with Crippen LogP contribution in [0.25, 0.3) is 22.3 Å². The minimum absolute atomic E-state index is 0.0172. The molecule has 2 aliphatic heterocycles. The molecule has 2 fully saturated rings. The molecule has 3 aliphatic rings. The SMILES string of the molecule is COc1ccc(-c2nc(OC3CC4C(=O)NC5(C=O)CC5/C=C/CCCCN(C(N)=O)C(=O)N4C3)c3ccc(OC)c(C)c3n2)cc1. The molecule has 1 saturated carbocycles. The van der Waals surface area contributed by atoms with Crippen LogP contribution in [0.4, 0.5) is 9.59 Å². The maximum atomic E-state index is 13.8. The first-order valence-corrected chi connectivity index (χ1v) is 15.7. The van der Waals surface area contributed by atoms with Crippen LogP contribution in [0.5, 0.6) is 17.4 Å². The number of allylic oxidation sites excluding steroid dienone is 1. The molecule has 1 aromatic heterocycles. The molecular formula is C34H38N6O7. The molecule has 47 heavy (non-hydrogen) atoms. The lowest BCUT2D eigenvalue weighted by molar-refractivity contribution is -0.128. The molecule has 0 bridgehead atoms. The molecule has 4 atom stereocenters. The van der Waals surface area contributed by atoms with Gasteiger partial charge in [0, 0.05) is 30.0 Å². The third-order valence-corrected chi connectivity index (χ3v) is 9.19. The van der Waals surface area contributed by atoms with Crippen LogP contribution in [0, 0.1) is 12.8 Å². The van der Waals surface area contributed by atoms with Gasteiger partial charge in [-0.3, -0.25) is 4.79 Å². The average Bonchev–Trinajstić information content (AvgIpc) is 3.58. The molecule has 3 N–H and O–H groups in total. The zero-order valence-corrected chi connectivity index (χ0v) is 26.6. The third-order valence-electron chi connectivity index (χ3n) is 9.19. The minimum Gasteiger partial charge on any atom is -0.497 e. The number of rotatable bonds is 6. The van der Waals surface area contributed by atoms with Crippen LogP contribution in [0.3, 0.4) is 0 Å². The number of benzene rings is 2. The zero-order valence-electron chi connectivity index (χ0n) is 26.6. The smallest absolute Gasteiger partial charge is 0.328 e. The Balaban J connectivity index is 1.36. The number of aromatic nitrogens is 2. The minimum atomic E-state index is -1.03. The number of primary amides is 1. The molecule has 5 amide bonds. The summed E-state index contributed by atoms with van der Waals surface area (Å²) in [6.07, 6.45) is 6.54. The van der Waals surface area contributed by atoms with E-state index in [-0.39, 0.29) is 31.3 Å². The van der Waals surface area contributed by atoms with Crippen LogP contribution in [0.2, 0.25) is 0 Å². The zero-order chi connectivity index (χ0) is 33.3. The highest BCUT2D eigenvalue weighted by Crippen LogP contribution is 2.43. The van der Waals surface area contributed by atoms with Crippen molar-refractivity contribution in [1.82, 2.24) is 25.1 Å². The highest BCUT2D eigenvalue weighted by Gasteiger charge is 2.56. The maximum Gasteiger partial charge on any atom is 0.328 e. The molecule has 13 nitrogen and oxygen atoms in total. The quantitative estimate of drug-likeness (QED) is 0.301. The fourth-order valence-corrected chi connectivity index (χ4v) is 6.38. The van der Waals surface area contributed by atoms with Gasteiger partial charge in [-0.1, -0.05) is 12.2 Å². The molecule has 1 aliphatic carbocycles. The lowest BCUT2D eigenvalue weighted by Gasteiger charge is -2.29. The average molecular weight is 643 g/mol. The first-order chi connectivity index (χ1) is 22.7. The highest BCUT2D eigenvalue weighted by molar-refractivity contribution is 5.97. The summed E-state index contributed by atoms with van der Waals surface area (Å²) in [5.41, 5.74) is 6.74. The maximum absolute atomic E-state index is 13.8. The largest absolute Gasteiger partial charge is 0.497 e. The Morgan fingerprint density at radius 2 is 1.87 bits per heavy atom. The summed E-state index contributed by atoms with van der Waals surface area (Å²) in [5.74, 6) is 1.37. The van der Waals surface area contributed by atoms with Crippen molar-refractivity contribution in [3.63, 3.8) is 0 Å². The first-order valence-electron chi connectivity index (χ1n) is 15.7. The number of carbonyl (C=O) groups excluding carboxylic acids is 4. The monoisotopic (exact) mass is 642 g/mol. The van der Waals surface area contributed by atoms with Gasteiger partial charge in [-0.05, 0) is 69.0 Å². The molecule has 246 valence electrons. The summed E-state index contributed by atoms with van der Waals surface area (Å²) in [6.45, 7) is 1.99. The van der Waals surface area contributed by atoms with Gasteiger partial charge in [0.25, 0.3) is 0 Å². The molecule has 0 radical (unpaired) electrons. The molecule has 6 rings (SSSR count). The normalized spacial score (nSPS) is 25.2. The number of methoxy groups -OCH3 is 2. The van der Waals surface area contributed by atoms with Gasteiger partial charge < -0.3 is 35.0 Å². The molecule has 0 spiro atoms. The van der Waals surface area contributed by atoms with E-state index in [9.17, 15) is 19.2 Å². The summed E-state index contributed by atoms with van der Waals surface area (Å²) in [7, 11) is 3.17. The summed E-state index contributed by atoms with van der Waals surface area (Å²) >= 11 is 0. The Hall–Kier alpha value is -5.20. The number of aryl methyl sites for hydroxylation is 1. The van der Waals surface area contributed by atoms with E-state index in [4.69, 9.17) is 29.9 Å². The Kier molecular flexibility index (Phi) is 8.71. The molecule has 4 unspecified atom stereocenters. The second-order valence-electron chi connectivity index (χ2n) is 12.2. The van der Waals surface area contributed by atoms with Gasteiger partial charge in [0.2, 0.25) is 11.8 Å².